The summed E-state index contributed by atoms with van der Waals surface area (Å²) in [4.78, 5) is 14.1. The molecule has 1 N–H and O–H groups in total. The Kier molecular flexibility index (Phi) is 4.40. The molecule has 2 aromatic rings. The molecule has 0 radical (unpaired) electrons. The van der Waals surface area contributed by atoms with Gasteiger partial charge in [0, 0.05) is 37.9 Å². The van der Waals surface area contributed by atoms with Crippen LogP contribution in [-0.2, 0) is 17.7 Å². The number of rotatable bonds is 4. The molecule has 5 nitrogen and oxygen atoms in total. The van der Waals surface area contributed by atoms with E-state index in [0.717, 1.165) is 45.1 Å². The van der Waals surface area contributed by atoms with E-state index in [0.29, 0.717) is 5.92 Å². The zero-order valence-corrected chi connectivity index (χ0v) is 11.5. The van der Waals surface area contributed by atoms with Crippen LogP contribution in [0.1, 0.15) is 11.4 Å². The fourth-order valence-electron chi connectivity index (χ4n) is 2.67. The van der Waals surface area contributed by atoms with Crippen LogP contribution in [0.15, 0.2) is 36.9 Å². The van der Waals surface area contributed by atoms with Gasteiger partial charge >= 0.3 is 0 Å². The Morgan fingerprint density at radius 3 is 3.20 bits per heavy atom. The van der Waals surface area contributed by atoms with E-state index in [1.54, 1.807) is 6.20 Å². The summed E-state index contributed by atoms with van der Waals surface area (Å²) >= 11 is 0. The number of hydrogen-bond acceptors (Lipinski definition) is 4. The van der Waals surface area contributed by atoms with Gasteiger partial charge in [-0.25, -0.2) is 4.98 Å². The van der Waals surface area contributed by atoms with E-state index in [1.165, 1.54) is 5.56 Å². The van der Waals surface area contributed by atoms with Crippen molar-refractivity contribution in [2.45, 2.75) is 13.0 Å². The molecule has 3 rings (SSSR count). The third-order valence-corrected chi connectivity index (χ3v) is 3.60. The Hall–Kier alpha value is -1.72. The number of ether oxygens (including phenoxy) is 1. The van der Waals surface area contributed by atoms with Crippen molar-refractivity contribution in [1.82, 2.24) is 19.9 Å². The topological polar surface area (TPSA) is 54.0 Å². The molecule has 5 heteroatoms. The van der Waals surface area contributed by atoms with Crippen LogP contribution in [0.5, 0.6) is 0 Å². The van der Waals surface area contributed by atoms with E-state index in [1.807, 2.05) is 24.7 Å². The Bertz CT molecular complexity index is 500. The lowest BCUT2D eigenvalue weighted by atomic mass is 10.0. The number of hydrogen-bond donors (Lipinski definition) is 1. The zero-order chi connectivity index (χ0) is 13.6. The molecule has 0 saturated carbocycles. The molecular formula is C15H20N4O. The van der Waals surface area contributed by atoms with E-state index in [2.05, 4.69) is 25.9 Å². The van der Waals surface area contributed by atoms with Crippen molar-refractivity contribution in [2.24, 2.45) is 5.92 Å². The van der Waals surface area contributed by atoms with Crippen molar-refractivity contribution >= 4 is 0 Å². The van der Waals surface area contributed by atoms with Gasteiger partial charge in [0.2, 0.25) is 0 Å². The molecule has 1 fully saturated rings. The SMILES string of the molecule is c1cncc(C[C@H]2COCCN(Cc3ncc[nH]3)C2)c1. The van der Waals surface area contributed by atoms with Crippen molar-refractivity contribution in [3.05, 3.63) is 48.3 Å². The van der Waals surface area contributed by atoms with Crippen LogP contribution in [-0.4, -0.2) is 46.2 Å². The van der Waals surface area contributed by atoms with Gasteiger partial charge in [0.1, 0.15) is 5.82 Å². The molecule has 1 saturated heterocycles. The third-order valence-electron chi connectivity index (χ3n) is 3.60. The quantitative estimate of drug-likeness (QED) is 0.916. The Labute approximate surface area is 119 Å². The van der Waals surface area contributed by atoms with Crippen molar-refractivity contribution in [3.8, 4) is 0 Å². The summed E-state index contributed by atoms with van der Waals surface area (Å²) in [5.74, 6) is 1.53. The van der Waals surface area contributed by atoms with Gasteiger partial charge in [-0.3, -0.25) is 9.88 Å². The summed E-state index contributed by atoms with van der Waals surface area (Å²) in [6.45, 7) is 4.48. The second-order valence-corrected chi connectivity index (χ2v) is 5.28. The Morgan fingerprint density at radius 1 is 1.40 bits per heavy atom. The van der Waals surface area contributed by atoms with Gasteiger partial charge in [0.05, 0.1) is 19.8 Å². The largest absolute Gasteiger partial charge is 0.380 e. The number of pyridine rings is 1. The molecule has 0 aliphatic carbocycles. The summed E-state index contributed by atoms with van der Waals surface area (Å²) in [6, 6.07) is 4.13. The van der Waals surface area contributed by atoms with Gasteiger partial charge in [-0.15, -0.1) is 0 Å². The van der Waals surface area contributed by atoms with Crippen LogP contribution in [0.25, 0.3) is 0 Å². The minimum Gasteiger partial charge on any atom is -0.380 e. The number of imidazole rings is 1. The van der Waals surface area contributed by atoms with Crippen molar-refractivity contribution in [3.63, 3.8) is 0 Å². The molecule has 1 aliphatic rings. The molecule has 20 heavy (non-hydrogen) atoms. The predicted molar refractivity (Wildman–Crippen MR) is 76.1 cm³/mol. The number of nitrogens with zero attached hydrogens (tertiary/aromatic N) is 3. The maximum atomic E-state index is 5.74. The van der Waals surface area contributed by atoms with Crippen LogP contribution in [0.2, 0.25) is 0 Å². The lowest BCUT2D eigenvalue weighted by molar-refractivity contribution is 0.121. The lowest BCUT2D eigenvalue weighted by Gasteiger charge is -2.22. The van der Waals surface area contributed by atoms with Gasteiger partial charge in [-0.1, -0.05) is 6.07 Å². The standard InChI is InChI=1S/C15H20N4O/c1-2-13(9-16-3-1)8-14-10-19(6-7-20-12-14)11-15-17-4-5-18-15/h1-5,9,14H,6-8,10-12H2,(H,17,18)/t14-/m1/s1. The fourth-order valence-corrected chi connectivity index (χ4v) is 2.67. The minimum atomic E-state index is 0.511. The lowest BCUT2D eigenvalue weighted by Crippen LogP contribution is -2.30. The van der Waals surface area contributed by atoms with E-state index >= 15 is 0 Å². The molecule has 0 unspecified atom stereocenters. The molecule has 2 aromatic heterocycles. The molecule has 0 bridgehead atoms. The van der Waals surface area contributed by atoms with Crippen molar-refractivity contribution in [1.29, 1.82) is 0 Å². The first-order chi connectivity index (χ1) is 9.90. The first kappa shape index (κ1) is 13.3. The van der Waals surface area contributed by atoms with Crippen molar-refractivity contribution < 1.29 is 4.74 Å². The number of H-pyrrole nitrogens is 1. The molecule has 106 valence electrons. The number of aromatic nitrogens is 3. The van der Waals surface area contributed by atoms with Gasteiger partial charge in [0.15, 0.2) is 0 Å². The maximum Gasteiger partial charge on any atom is 0.120 e. The summed E-state index contributed by atoms with van der Waals surface area (Å²) < 4.78 is 5.74. The summed E-state index contributed by atoms with van der Waals surface area (Å²) in [5.41, 5.74) is 1.28. The van der Waals surface area contributed by atoms with Gasteiger partial charge in [-0.2, -0.15) is 0 Å². The predicted octanol–water partition coefficient (Wildman–Crippen LogP) is 1.50. The fraction of sp³-hybridized carbons (Fsp3) is 0.467. The second-order valence-electron chi connectivity index (χ2n) is 5.28. The molecule has 0 amide bonds. The molecule has 0 aromatic carbocycles. The first-order valence-electron chi connectivity index (χ1n) is 7.07. The average molecular weight is 272 g/mol. The molecular weight excluding hydrogens is 252 g/mol. The Balaban J connectivity index is 1.60. The molecule has 1 aliphatic heterocycles. The maximum absolute atomic E-state index is 5.74. The van der Waals surface area contributed by atoms with E-state index in [9.17, 15) is 0 Å². The van der Waals surface area contributed by atoms with Crippen molar-refractivity contribution in [2.75, 3.05) is 26.3 Å². The van der Waals surface area contributed by atoms with Crippen LogP contribution in [0.4, 0.5) is 0 Å². The summed E-state index contributed by atoms with van der Waals surface area (Å²) in [6.07, 6.45) is 8.45. The highest BCUT2D eigenvalue weighted by molar-refractivity contribution is 5.09. The smallest absolute Gasteiger partial charge is 0.120 e. The molecule has 3 heterocycles. The highest BCUT2D eigenvalue weighted by Crippen LogP contribution is 2.14. The molecule has 0 spiro atoms. The van der Waals surface area contributed by atoms with E-state index < -0.39 is 0 Å². The highest BCUT2D eigenvalue weighted by atomic mass is 16.5. The summed E-state index contributed by atoms with van der Waals surface area (Å²) in [5, 5.41) is 0. The van der Waals surface area contributed by atoms with Crippen LogP contribution >= 0.6 is 0 Å². The van der Waals surface area contributed by atoms with Crippen LogP contribution < -0.4 is 0 Å². The highest BCUT2D eigenvalue weighted by Gasteiger charge is 2.19. The van der Waals surface area contributed by atoms with E-state index in [4.69, 9.17) is 4.74 Å². The second kappa shape index (κ2) is 6.63. The summed E-state index contributed by atoms with van der Waals surface area (Å²) in [7, 11) is 0. The number of aromatic amines is 1. The van der Waals surface area contributed by atoms with Gasteiger partial charge in [-0.05, 0) is 24.0 Å². The first-order valence-corrected chi connectivity index (χ1v) is 7.07. The van der Waals surface area contributed by atoms with Gasteiger partial charge in [0.25, 0.3) is 0 Å². The minimum absolute atomic E-state index is 0.511. The number of nitrogens with one attached hydrogen (secondary N) is 1. The van der Waals surface area contributed by atoms with Crippen LogP contribution in [0, 0.1) is 5.92 Å². The average Bonchev–Trinajstić information content (AvgIpc) is 2.87. The molecule has 1 atom stereocenters. The zero-order valence-electron chi connectivity index (χ0n) is 11.5. The monoisotopic (exact) mass is 272 g/mol. The van der Waals surface area contributed by atoms with Crippen LogP contribution in [0.3, 0.4) is 0 Å². The third kappa shape index (κ3) is 3.65. The van der Waals surface area contributed by atoms with E-state index in [-0.39, 0.29) is 0 Å². The normalized spacial score (nSPS) is 20.7. The van der Waals surface area contributed by atoms with Gasteiger partial charge < -0.3 is 9.72 Å². The Morgan fingerprint density at radius 2 is 2.40 bits per heavy atom.